The number of halogens is 1. The number of guanidine groups is 1. The van der Waals surface area contributed by atoms with Crippen LogP contribution < -0.4 is 0 Å². The van der Waals surface area contributed by atoms with Gasteiger partial charge in [-0.15, -0.1) is 0 Å². The molecule has 0 amide bonds. The molecule has 1 aromatic rings. The molecule has 0 bridgehead atoms. The molecule has 6 heteroatoms. The quantitative estimate of drug-likeness (QED) is 0.786. The molecule has 0 saturated carbocycles. The summed E-state index contributed by atoms with van der Waals surface area (Å²) in [5, 5.41) is 6.80. The first-order valence-corrected chi connectivity index (χ1v) is 8.95. The standard InChI is InChI=1S/C19H24FN5/c1-4-14-11-13(2)22-25-18(14)16-6-5-15(20)12-17(16)21-19(25)24-9-7-23(3)8-10-24/h5-6,12H,4,7-11H2,1-3H3. The van der Waals surface area contributed by atoms with Crippen molar-refractivity contribution < 1.29 is 4.39 Å². The summed E-state index contributed by atoms with van der Waals surface area (Å²) in [6, 6.07) is 4.89. The third-order valence-electron chi connectivity index (χ3n) is 5.12. The van der Waals surface area contributed by atoms with Gasteiger partial charge in [-0.05, 0) is 38.1 Å². The van der Waals surface area contributed by atoms with E-state index in [-0.39, 0.29) is 5.82 Å². The molecule has 1 saturated heterocycles. The van der Waals surface area contributed by atoms with Gasteiger partial charge in [0.1, 0.15) is 5.82 Å². The zero-order valence-corrected chi connectivity index (χ0v) is 15.1. The predicted molar refractivity (Wildman–Crippen MR) is 99.3 cm³/mol. The van der Waals surface area contributed by atoms with Gasteiger partial charge in [-0.2, -0.15) is 10.1 Å². The smallest absolute Gasteiger partial charge is 0.227 e. The molecule has 132 valence electrons. The van der Waals surface area contributed by atoms with Crippen molar-refractivity contribution >= 4 is 23.1 Å². The van der Waals surface area contributed by atoms with Crippen LogP contribution in [-0.2, 0) is 0 Å². The van der Waals surface area contributed by atoms with Gasteiger partial charge in [0, 0.05) is 49.9 Å². The number of fused-ring (bicyclic) bond motifs is 3. The van der Waals surface area contributed by atoms with Gasteiger partial charge in [0.2, 0.25) is 5.96 Å². The largest absolute Gasteiger partial charge is 0.338 e. The number of hydrogen-bond acceptors (Lipinski definition) is 5. The van der Waals surface area contributed by atoms with Crippen molar-refractivity contribution in [1.82, 2.24) is 14.8 Å². The summed E-state index contributed by atoms with van der Waals surface area (Å²) in [6.45, 7) is 8.02. The van der Waals surface area contributed by atoms with Crippen LogP contribution in [0.2, 0.25) is 0 Å². The monoisotopic (exact) mass is 341 g/mol. The van der Waals surface area contributed by atoms with Crippen LogP contribution >= 0.6 is 0 Å². The number of hydrazone groups is 1. The predicted octanol–water partition coefficient (Wildman–Crippen LogP) is 3.28. The van der Waals surface area contributed by atoms with Crippen LogP contribution in [0.25, 0.3) is 5.70 Å². The van der Waals surface area contributed by atoms with Gasteiger partial charge < -0.3 is 9.80 Å². The maximum Gasteiger partial charge on any atom is 0.227 e. The van der Waals surface area contributed by atoms with E-state index >= 15 is 0 Å². The Labute approximate surface area is 148 Å². The lowest BCUT2D eigenvalue weighted by Gasteiger charge is -2.41. The Kier molecular flexibility index (Phi) is 4.07. The van der Waals surface area contributed by atoms with E-state index in [9.17, 15) is 4.39 Å². The third-order valence-corrected chi connectivity index (χ3v) is 5.12. The van der Waals surface area contributed by atoms with Crippen molar-refractivity contribution in [1.29, 1.82) is 0 Å². The lowest BCUT2D eigenvalue weighted by atomic mass is 9.96. The third kappa shape index (κ3) is 2.84. The summed E-state index contributed by atoms with van der Waals surface area (Å²) in [4.78, 5) is 9.39. The van der Waals surface area contributed by atoms with E-state index in [0.29, 0.717) is 5.69 Å². The molecule has 4 rings (SSSR count). The highest BCUT2D eigenvalue weighted by Crippen LogP contribution is 2.41. The first-order chi connectivity index (χ1) is 12.1. The molecule has 1 aromatic carbocycles. The van der Waals surface area contributed by atoms with Crippen LogP contribution in [0.15, 0.2) is 33.9 Å². The van der Waals surface area contributed by atoms with E-state index < -0.39 is 0 Å². The van der Waals surface area contributed by atoms with Crippen LogP contribution in [0.4, 0.5) is 10.1 Å². The zero-order valence-electron chi connectivity index (χ0n) is 15.1. The fraction of sp³-hybridized carbons (Fsp3) is 0.474. The second kappa shape index (κ2) is 6.26. The van der Waals surface area contributed by atoms with Crippen LogP contribution in [0.3, 0.4) is 0 Å². The van der Waals surface area contributed by atoms with Crippen molar-refractivity contribution in [3.63, 3.8) is 0 Å². The highest BCUT2D eigenvalue weighted by Gasteiger charge is 2.34. The minimum absolute atomic E-state index is 0.247. The first-order valence-electron chi connectivity index (χ1n) is 8.95. The lowest BCUT2D eigenvalue weighted by Crippen LogP contribution is -2.52. The number of benzene rings is 1. The van der Waals surface area contributed by atoms with Crippen molar-refractivity contribution in [3.05, 3.63) is 35.2 Å². The van der Waals surface area contributed by atoms with Gasteiger partial charge in [0.05, 0.1) is 11.4 Å². The summed E-state index contributed by atoms with van der Waals surface area (Å²) in [5.74, 6) is 0.578. The minimum atomic E-state index is -0.247. The summed E-state index contributed by atoms with van der Waals surface area (Å²) in [6.07, 6.45) is 1.82. The first kappa shape index (κ1) is 16.3. The van der Waals surface area contributed by atoms with Crippen molar-refractivity contribution in [2.24, 2.45) is 10.1 Å². The summed E-state index contributed by atoms with van der Waals surface area (Å²) >= 11 is 0. The molecule has 0 atom stereocenters. The molecule has 0 unspecified atom stereocenters. The van der Waals surface area contributed by atoms with Crippen molar-refractivity contribution in [2.45, 2.75) is 26.7 Å². The van der Waals surface area contributed by atoms with E-state index in [1.807, 2.05) is 11.1 Å². The topological polar surface area (TPSA) is 34.4 Å². The number of rotatable bonds is 1. The highest BCUT2D eigenvalue weighted by molar-refractivity contribution is 6.01. The van der Waals surface area contributed by atoms with E-state index in [4.69, 9.17) is 10.1 Å². The maximum absolute atomic E-state index is 13.8. The number of likely N-dealkylation sites (N-methyl/N-ethyl adjacent to an activating group) is 1. The van der Waals surface area contributed by atoms with E-state index in [1.165, 1.54) is 17.7 Å². The number of nitrogens with zero attached hydrogens (tertiary/aromatic N) is 5. The van der Waals surface area contributed by atoms with Gasteiger partial charge in [-0.1, -0.05) is 6.92 Å². The molecular weight excluding hydrogens is 317 g/mol. The lowest BCUT2D eigenvalue weighted by molar-refractivity contribution is 0.203. The number of piperazine rings is 1. The van der Waals surface area contributed by atoms with Crippen molar-refractivity contribution in [2.75, 3.05) is 33.2 Å². The molecule has 1 fully saturated rings. The molecule has 0 N–H and O–H groups in total. The van der Waals surface area contributed by atoms with Gasteiger partial charge in [-0.25, -0.2) is 9.38 Å². The molecule has 3 heterocycles. The Bertz CT molecular complexity index is 787. The molecule has 3 aliphatic rings. The molecule has 0 aromatic heterocycles. The Morgan fingerprint density at radius 2 is 1.92 bits per heavy atom. The average Bonchev–Trinajstić information content (AvgIpc) is 2.60. The van der Waals surface area contributed by atoms with Gasteiger partial charge in [-0.3, -0.25) is 0 Å². The fourth-order valence-electron chi connectivity index (χ4n) is 3.70. The van der Waals surface area contributed by atoms with Crippen LogP contribution in [0.5, 0.6) is 0 Å². The zero-order chi connectivity index (χ0) is 17.6. The number of allylic oxidation sites excluding steroid dienone is 1. The molecule has 0 radical (unpaired) electrons. The second-order valence-electron chi connectivity index (χ2n) is 6.99. The van der Waals surface area contributed by atoms with E-state index in [2.05, 4.69) is 30.7 Å². The Morgan fingerprint density at radius 1 is 1.16 bits per heavy atom. The van der Waals surface area contributed by atoms with Gasteiger partial charge >= 0.3 is 0 Å². The molecule has 0 aliphatic carbocycles. The normalized spacial score (nSPS) is 21.0. The minimum Gasteiger partial charge on any atom is -0.338 e. The van der Waals surface area contributed by atoms with Crippen LogP contribution in [-0.4, -0.2) is 59.7 Å². The molecule has 3 aliphatic heterocycles. The molecule has 5 nitrogen and oxygen atoms in total. The number of aliphatic imine (C=N–C) groups is 1. The number of hydrogen-bond donors (Lipinski definition) is 0. The molecule has 25 heavy (non-hydrogen) atoms. The summed E-state index contributed by atoms with van der Waals surface area (Å²) in [7, 11) is 2.13. The van der Waals surface area contributed by atoms with Crippen molar-refractivity contribution in [3.8, 4) is 0 Å². The second-order valence-corrected chi connectivity index (χ2v) is 6.99. The van der Waals surface area contributed by atoms with Crippen LogP contribution in [0, 0.1) is 5.82 Å². The highest BCUT2D eigenvalue weighted by atomic mass is 19.1. The van der Waals surface area contributed by atoms with Crippen LogP contribution in [0.1, 0.15) is 32.3 Å². The average molecular weight is 341 g/mol. The molecule has 0 spiro atoms. The van der Waals surface area contributed by atoms with E-state index in [1.54, 1.807) is 0 Å². The van der Waals surface area contributed by atoms with Gasteiger partial charge in [0.15, 0.2) is 0 Å². The van der Waals surface area contributed by atoms with Gasteiger partial charge in [0.25, 0.3) is 0 Å². The summed E-state index contributed by atoms with van der Waals surface area (Å²) < 4.78 is 13.8. The van der Waals surface area contributed by atoms with E-state index in [0.717, 1.165) is 62.0 Å². The SMILES string of the molecule is CCC1=C2c3ccc(F)cc3N=C(N3CCN(C)CC3)N2N=C(C)C1. The molecular formula is C19H24FN5. The Morgan fingerprint density at radius 3 is 2.64 bits per heavy atom. The fourth-order valence-corrected chi connectivity index (χ4v) is 3.70. The Balaban J connectivity index is 1.85. The Hall–Kier alpha value is -2.21. The summed E-state index contributed by atoms with van der Waals surface area (Å²) in [5.41, 5.74) is 5.20. The maximum atomic E-state index is 13.8.